The Labute approximate surface area is 130 Å². The Morgan fingerprint density at radius 1 is 1.35 bits per heavy atom. The van der Waals surface area contributed by atoms with Crippen molar-refractivity contribution in [1.29, 1.82) is 0 Å². The molecule has 23 heavy (non-hydrogen) atoms. The number of phenols is 1. The van der Waals surface area contributed by atoms with Crippen LogP contribution in [0.2, 0.25) is 0 Å². The molecule has 1 amide bonds. The number of rotatable bonds is 4. The molecule has 0 saturated carbocycles. The van der Waals surface area contributed by atoms with Crippen molar-refractivity contribution in [2.75, 3.05) is 0 Å². The van der Waals surface area contributed by atoms with E-state index >= 15 is 0 Å². The van der Waals surface area contributed by atoms with Gasteiger partial charge in [-0.15, -0.1) is 0 Å². The smallest absolute Gasteiger partial charge is 0.271 e. The number of nitrogens with one attached hydrogen (secondary N) is 1. The first-order valence-electron chi connectivity index (χ1n) is 6.45. The van der Waals surface area contributed by atoms with Crippen molar-refractivity contribution in [2.45, 2.75) is 6.92 Å². The molecule has 0 fully saturated rings. The highest BCUT2D eigenvalue weighted by Gasteiger charge is 2.12. The fraction of sp³-hybridized carbons (Fsp3) is 0.0667. The predicted octanol–water partition coefficient (Wildman–Crippen LogP) is 2.51. The second-order valence-electron chi connectivity index (χ2n) is 4.66. The van der Waals surface area contributed by atoms with Gasteiger partial charge in [-0.1, -0.05) is 0 Å². The van der Waals surface area contributed by atoms with Crippen LogP contribution in [0.25, 0.3) is 0 Å². The standard InChI is InChI=1S/C15H12FN3O4/c1-9-6-13(19(22)23)7-11(14(9)20)8-17-18-15(21)10-2-4-12(16)5-3-10/h2-8,20H,1H3,(H,18,21)/b17-8+. The monoisotopic (exact) mass is 317 g/mol. The third kappa shape index (κ3) is 3.88. The molecule has 0 aliphatic heterocycles. The Bertz CT molecular complexity index is 788. The highest BCUT2D eigenvalue weighted by molar-refractivity contribution is 5.95. The Kier molecular flexibility index (Phi) is 4.65. The molecule has 7 nitrogen and oxygen atoms in total. The fourth-order valence-corrected chi connectivity index (χ4v) is 1.82. The van der Waals surface area contributed by atoms with Crippen LogP contribution in [0, 0.1) is 22.9 Å². The summed E-state index contributed by atoms with van der Waals surface area (Å²) in [4.78, 5) is 21.9. The minimum absolute atomic E-state index is 0.0936. The van der Waals surface area contributed by atoms with Gasteiger partial charge in [-0.25, -0.2) is 9.82 Å². The van der Waals surface area contributed by atoms with Crippen LogP contribution in [0.3, 0.4) is 0 Å². The maximum atomic E-state index is 12.8. The molecule has 0 aliphatic rings. The average molecular weight is 317 g/mol. The van der Waals surface area contributed by atoms with Gasteiger partial charge in [-0.3, -0.25) is 14.9 Å². The molecule has 2 N–H and O–H groups in total. The van der Waals surface area contributed by atoms with Gasteiger partial charge in [0.1, 0.15) is 11.6 Å². The van der Waals surface area contributed by atoms with Gasteiger partial charge in [0.05, 0.1) is 11.1 Å². The second-order valence-corrected chi connectivity index (χ2v) is 4.66. The summed E-state index contributed by atoms with van der Waals surface area (Å²) in [6.07, 6.45) is 1.09. The molecule has 0 unspecified atom stereocenters. The van der Waals surface area contributed by atoms with Gasteiger partial charge in [-0.2, -0.15) is 5.10 Å². The second kappa shape index (κ2) is 6.65. The van der Waals surface area contributed by atoms with Crippen LogP contribution >= 0.6 is 0 Å². The quantitative estimate of drug-likeness (QED) is 0.513. The molecule has 0 atom stereocenters. The number of non-ortho nitro benzene ring substituents is 1. The largest absolute Gasteiger partial charge is 0.507 e. The molecule has 0 bridgehead atoms. The molecular weight excluding hydrogens is 305 g/mol. The van der Waals surface area contributed by atoms with Crippen LogP contribution in [0.15, 0.2) is 41.5 Å². The Morgan fingerprint density at radius 2 is 2.00 bits per heavy atom. The summed E-state index contributed by atoms with van der Waals surface area (Å²) in [5, 5.41) is 24.3. The molecular formula is C15H12FN3O4. The summed E-state index contributed by atoms with van der Waals surface area (Å²) in [5.74, 6) is -1.22. The molecule has 0 heterocycles. The molecule has 2 aromatic rings. The van der Waals surface area contributed by atoms with Crippen LogP contribution < -0.4 is 5.43 Å². The van der Waals surface area contributed by atoms with Crippen LogP contribution in [0.4, 0.5) is 10.1 Å². The van der Waals surface area contributed by atoms with Crippen LogP contribution in [-0.2, 0) is 0 Å². The highest BCUT2D eigenvalue weighted by atomic mass is 19.1. The zero-order valence-electron chi connectivity index (χ0n) is 12.0. The van der Waals surface area contributed by atoms with Crippen molar-refractivity contribution in [3.63, 3.8) is 0 Å². The van der Waals surface area contributed by atoms with Crippen LogP contribution in [-0.4, -0.2) is 22.2 Å². The number of carbonyl (C=O) groups is 1. The van der Waals surface area contributed by atoms with E-state index in [9.17, 15) is 24.4 Å². The maximum absolute atomic E-state index is 12.8. The van der Waals surface area contributed by atoms with E-state index in [2.05, 4.69) is 10.5 Å². The summed E-state index contributed by atoms with van der Waals surface area (Å²) in [5.41, 5.74) is 2.59. The van der Waals surface area contributed by atoms with E-state index in [4.69, 9.17) is 0 Å². The molecule has 2 rings (SSSR count). The molecule has 0 saturated heterocycles. The van der Waals surface area contributed by atoms with E-state index in [1.165, 1.54) is 25.1 Å². The number of carbonyl (C=O) groups excluding carboxylic acids is 1. The van der Waals surface area contributed by atoms with Gasteiger partial charge < -0.3 is 5.11 Å². The number of aryl methyl sites for hydroxylation is 1. The lowest BCUT2D eigenvalue weighted by molar-refractivity contribution is -0.384. The van der Waals surface area contributed by atoms with Crippen LogP contribution in [0.5, 0.6) is 5.75 Å². The number of aromatic hydroxyl groups is 1. The minimum atomic E-state index is -0.596. The number of nitro groups is 1. The molecule has 118 valence electrons. The lowest BCUT2D eigenvalue weighted by atomic mass is 10.1. The van der Waals surface area contributed by atoms with Gasteiger partial charge >= 0.3 is 0 Å². The van der Waals surface area contributed by atoms with Crippen molar-refractivity contribution in [3.05, 3.63) is 69.0 Å². The van der Waals surface area contributed by atoms with Gasteiger partial charge in [0, 0.05) is 23.3 Å². The van der Waals surface area contributed by atoms with Gasteiger partial charge in [0.2, 0.25) is 0 Å². The minimum Gasteiger partial charge on any atom is -0.507 e. The molecule has 0 spiro atoms. The van der Waals surface area contributed by atoms with Gasteiger partial charge in [0.15, 0.2) is 0 Å². The van der Waals surface area contributed by atoms with E-state index in [1.54, 1.807) is 0 Å². The Morgan fingerprint density at radius 3 is 2.61 bits per heavy atom. The van der Waals surface area contributed by atoms with Crippen molar-refractivity contribution in [3.8, 4) is 5.75 Å². The number of halogens is 1. The number of benzene rings is 2. The first-order valence-corrected chi connectivity index (χ1v) is 6.45. The molecule has 0 aliphatic carbocycles. The predicted molar refractivity (Wildman–Crippen MR) is 81.0 cm³/mol. The number of nitro benzene ring substituents is 1. The number of hydrazone groups is 1. The lowest BCUT2D eigenvalue weighted by Gasteiger charge is -2.03. The zero-order valence-corrected chi connectivity index (χ0v) is 12.0. The van der Waals surface area contributed by atoms with Gasteiger partial charge in [-0.05, 0) is 36.8 Å². The summed E-state index contributed by atoms with van der Waals surface area (Å²) < 4.78 is 12.8. The van der Waals surface area contributed by atoms with E-state index in [0.717, 1.165) is 24.4 Å². The molecule has 8 heteroatoms. The molecule has 2 aromatic carbocycles. The number of hydrogen-bond acceptors (Lipinski definition) is 5. The van der Waals surface area contributed by atoms with Crippen molar-refractivity contribution in [2.24, 2.45) is 5.10 Å². The molecule has 0 radical (unpaired) electrons. The van der Waals surface area contributed by atoms with E-state index in [0.29, 0.717) is 5.56 Å². The number of hydrogen-bond donors (Lipinski definition) is 2. The van der Waals surface area contributed by atoms with Crippen molar-refractivity contribution < 1.29 is 19.2 Å². The normalized spacial score (nSPS) is 10.7. The highest BCUT2D eigenvalue weighted by Crippen LogP contribution is 2.26. The van der Waals surface area contributed by atoms with E-state index in [-0.39, 0.29) is 22.6 Å². The van der Waals surface area contributed by atoms with E-state index in [1.807, 2.05) is 0 Å². The third-order valence-corrected chi connectivity index (χ3v) is 3.00. The lowest BCUT2D eigenvalue weighted by Crippen LogP contribution is -2.17. The summed E-state index contributed by atoms with van der Waals surface area (Å²) >= 11 is 0. The first kappa shape index (κ1) is 16.1. The van der Waals surface area contributed by atoms with Crippen molar-refractivity contribution in [1.82, 2.24) is 5.43 Å². The number of amides is 1. The van der Waals surface area contributed by atoms with E-state index < -0.39 is 16.6 Å². The van der Waals surface area contributed by atoms with Crippen molar-refractivity contribution >= 4 is 17.8 Å². The number of nitrogens with zero attached hydrogens (tertiary/aromatic N) is 2. The maximum Gasteiger partial charge on any atom is 0.271 e. The fourth-order valence-electron chi connectivity index (χ4n) is 1.82. The Balaban J connectivity index is 2.15. The third-order valence-electron chi connectivity index (χ3n) is 3.00. The zero-order chi connectivity index (χ0) is 17.0. The topological polar surface area (TPSA) is 105 Å². The van der Waals surface area contributed by atoms with Gasteiger partial charge in [0.25, 0.3) is 11.6 Å². The van der Waals surface area contributed by atoms with Crippen LogP contribution in [0.1, 0.15) is 21.5 Å². The summed E-state index contributed by atoms with van der Waals surface area (Å²) in [6.45, 7) is 1.51. The summed E-state index contributed by atoms with van der Waals surface area (Å²) in [6, 6.07) is 7.20. The Hall–Kier alpha value is -3.29. The average Bonchev–Trinajstić information content (AvgIpc) is 2.51. The SMILES string of the molecule is Cc1cc([N+](=O)[O-])cc(/C=N/NC(=O)c2ccc(F)cc2)c1O. The first-order chi connectivity index (χ1) is 10.9. The summed E-state index contributed by atoms with van der Waals surface area (Å²) in [7, 11) is 0. The number of phenolic OH excluding ortho intramolecular Hbond substituents is 1. The molecule has 0 aromatic heterocycles.